The number of aryl methyl sites for hydroxylation is 1. The Labute approximate surface area is 233 Å². The van der Waals surface area contributed by atoms with E-state index in [0.717, 1.165) is 11.3 Å². The van der Waals surface area contributed by atoms with E-state index in [-0.39, 0.29) is 34.1 Å². The minimum atomic E-state index is -1.08. The maximum atomic E-state index is 13.0. The van der Waals surface area contributed by atoms with E-state index in [0.29, 0.717) is 60.0 Å². The molecule has 38 heavy (non-hydrogen) atoms. The normalized spacial score (nSPS) is 17.5. The molecule has 1 aliphatic heterocycles. The Hall–Kier alpha value is -2.90. The number of hydrogen-bond acceptors (Lipinski definition) is 8. The van der Waals surface area contributed by atoms with Gasteiger partial charge in [0.15, 0.2) is 11.0 Å². The minimum absolute atomic E-state index is 0.0949. The van der Waals surface area contributed by atoms with Crippen molar-refractivity contribution in [3.8, 4) is 11.5 Å². The van der Waals surface area contributed by atoms with Gasteiger partial charge in [-0.25, -0.2) is 14.8 Å². The number of halogens is 2. The largest absolute Gasteiger partial charge is 0.477 e. The Morgan fingerprint density at radius 1 is 1.39 bits per heavy atom. The van der Waals surface area contributed by atoms with Crippen LogP contribution < -0.4 is 10.2 Å². The van der Waals surface area contributed by atoms with Crippen molar-refractivity contribution in [1.82, 2.24) is 24.8 Å². The predicted octanol–water partition coefficient (Wildman–Crippen LogP) is 3.87. The first kappa shape index (κ1) is 28.1. The highest BCUT2D eigenvalue weighted by molar-refractivity contribution is 7.17. The first-order valence-electron chi connectivity index (χ1n) is 11.8. The quantitative estimate of drug-likeness (QED) is 0.290. The number of hydrogen-bond donors (Lipinski definition) is 3. The molecule has 3 aromatic rings. The molecule has 3 N–H and O–H groups in total. The van der Waals surface area contributed by atoms with Crippen LogP contribution in [0.5, 0.6) is 0 Å². The maximum Gasteiger partial charge on any atom is 0.348 e. The van der Waals surface area contributed by atoms with Crippen molar-refractivity contribution >= 4 is 51.5 Å². The van der Waals surface area contributed by atoms with E-state index in [1.807, 2.05) is 9.47 Å². The average Bonchev–Trinajstić information content (AvgIpc) is 3.61. The third kappa shape index (κ3) is 5.89. The number of carbonyl (C=O) groups is 2. The number of amides is 1. The number of methoxy groups -OCH3 is 1. The molecule has 4 rings (SSSR count). The molecule has 0 aliphatic carbocycles. The highest BCUT2D eigenvalue weighted by atomic mass is 35.5. The van der Waals surface area contributed by atoms with Gasteiger partial charge in [0.1, 0.15) is 16.3 Å². The highest BCUT2D eigenvalue weighted by Crippen LogP contribution is 2.35. The molecule has 14 heteroatoms. The summed E-state index contributed by atoms with van der Waals surface area (Å²) in [7, 11) is 1.60. The van der Waals surface area contributed by atoms with Crippen LogP contribution in [0.4, 0.5) is 5.13 Å². The van der Waals surface area contributed by atoms with Gasteiger partial charge in [-0.3, -0.25) is 4.79 Å². The number of aromatic carboxylic acids is 1. The monoisotopic (exact) mass is 582 g/mol. The lowest BCUT2D eigenvalue weighted by molar-refractivity contribution is 0.0355. The molecular formula is C24H28Cl2N6O5S. The van der Waals surface area contributed by atoms with Crippen LogP contribution in [-0.4, -0.2) is 82.1 Å². The number of ether oxygens (including phenoxy) is 2. The highest BCUT2D eigenvalue weighted by Gasteiger charge is 2.34. The number of aromatic amines is 1. The second kappa shape index (κ2) is 12.3. The van der Waals surface area contributed by atoms with Crippen LogP contribution in [0.1, 0.15) is 32.3 Å². The molecule has 1 saturated heterocycles. The van der Waals surface area contributed by atoms with E-state index in [2.05, 4.69) is 26.8 Å². The zero-order valence-corrected chi connectivity index (χ0v) is 23.2. The topological polar surface area (TPSA) is 135 Å². The van der Waals surface area contributed by atoms with E-state index in [9.17, 15) is 14.7 Å². The van der Waals surface area contributed by atoms with Crippen LogP contribution in [0, 0.1) is 6.92 Å². The number of aromatic nitrogens is 4. The Morgan fingerprint density at radius 3 is 2.84 bits per heavy atom. The van der Waals surface area contributed by atoms with Gasteiger partial charge < -0.3 is 34.3 Å². The second-order valence-electron chi connectivity index (χ2n) is 8.64. The summed E-state index contributed by atoms with van der Waals surface area (Å²) in [5.74, 6) is -1.01. The standard InChI is InChI=1S/C24H28Cl2N6O5S/c1-4-10-37-15-12-32(7-5-14(15)29-22(33)18-17(26)16(25)13(2)28-18)24-30-19(20(38-24)23(34)35)21-27-6-8-31(21)9-11-36-3/h4,6,8,14-15,28H,1,5,7,9-12H2,2-3H3,(H,29,33)(H,34,35)/t14-,15+/m1/s1. The van der Waals surface area contributed by atoms with E-state index in [4.69, 9.17) is 32.7 Å². The van der Waals surface area contributed by atoms with Crippen LogP contribution >= 0.6 is 34.5 Å². The van der Waals surface area contributed by atoms with E-state index < -0.39 is 12.1 Å². The lowest BCUT2D eigenvalue weighted by Gasteiger charge is -2.38. The van der Waals surface area contributed by atoms with Gasteiger partial charge in [-0.1, -0.05) is 40.6 Å². The van der Waals surface area contributed by atoms with Crippen molar-refractivity contribution in [2.45, 2.75) is 32.0 Å². The molecule has 0 saturated carbocycles. The van der Waals surface area contributed by atoms with E-state index in [1.165, 1.54) is 0 Å². The second-order valence-corrected chi connectivity index (χ2v) is 10.4. The Bertz CT molecular complexity index is 1320. The summed E-state index contributed by atoms with van der Waals surface area (Å²) in [5, 5.41) is 13.9. The van der Waals surface area contributed by atoms with Gasteiger partial charge in [0.25, 0.3) is 5.91 Å². The molecule has 0 unspecified atom stereocenters. The Kier molecular flexibility index (Phi) is 9.11. The molecule has 0 aromatic carbocycles. The van der Waals surface area contributed by atoms with Crippen molar-refractivity contribution in [3.63, 3.8) is 0 Å². The summed E-state index contributed by atoms with van der Waals surface area (Å²) in [6, 6.07) is -0.330. The molecule has 4 heterocycles. The number of carboxylic acids is 1. The van der Waals surface area contributed by atoms with Gasteiger partial charge >= 0.3 is 5.97 Å². The Morgan fingerprint density at radius 2 is 2.18 bits per heavy atom. The first-order valence-corrected chi connectivity index (χ1v) is 13.4. The molecule has 0 bridgehead atoms. The number of rotatable bonds is 11. The number of piperidine rings is 1. The van der Waals surface area contributed by atoms with Gasteiger partial charge in [-0.15, -0.1) is 6.58 Å². The molecule has 0 radical (unpaired) electrons. The zero-order chi connectivity index (χ0) is 27.4. The van der Waals surface area contributed by atoms with Crippen molar-refractivity contribution in [3.05, 3.63) is 51.4 Å². The predicted molar refractivity (Wildman–Crippen MR) is 146 cm³/mol. The lowest BCUT2D eigenvalue weighted by Crippen LogP contribution is -2.55. The van der Waals surface area contributed by atoms with Crippen molar-refractivity contribution in [2.24, 2.45) is 0 Å². The molecular weight excluding hydrogens is 555 g/mol. The summed E-state index contributed by atoms with van der Waals surface area (Å²) in [6.45, 7) is 7.58. The number of carbonyl (C=O) groups excluding carboxylic acids is 1. The third-order valence-corrected chi connectivity index (χ3v) is 8.18. The fourth-order valence-corrected chi connectivity index (χ4v) is 5.57. The van der Waals surface area contributed by atoms with Gasteiger partial charge in [-0.2, -0.15) is 0 Å². The van der Waals surface area contributed by atoms with Crippen LogP contribution in [0.25, 0.3) is 11.5 Å². The van der Waals surface area contributed by atoms with Crippen LogP contribution in [0.15, 0.2) is 25.0 Å². The third-order valence-electron chi connectivity index (χ3n) is 6.13. The SMILES string of the molecule is C=CCO[C@H]1CN(c2nc(-c3nccn3CCOC)c(C(=O)O)s2)CC[C@H]1NC(=O)c1[nH]c(C)c(Cl)c1Cl. The zero-order valence-electron chi connectivity index (χ0n) is 20.9. The number of H-pyrrole nitrogens is 1. The Balaban J connectivity index is 1.56. The number of anilines is 1. The molecule has 204 valence electrons. The van der Waals surface area contributed by atoms with Gasteiger partial charge in [0, 0.05) is 44.8 Å². The van der Waals surface area contributed by atoms with Gasteiger partial charge in [0.2, 0.25) is 0 Å². The number of carboxylic acid groups (broad SMARTS) is 1. The van der Waals surface area contributed by atoms with Crippen molar-refractivity contribution in [1.29, 1.82) is 0 Å². The number of thiazole rings is 1. The summed E-state index contributed by atoms with van der Waals surface area (Å²) in [6.07, 6.45) is 5.11. The fourth-order valence-electron chi connectivity index (χ4n) is 4.22. The van der Waals surface area contributed by atoms with Crippen LogP contribution in [-0.2, 0) is 16.0 Å². The molecule has 0 spiro atoms. The molecule has 1 amide bonds. The molecule has 1 aliphatic rings. The van der Waals surface area contributed by atoms with Gasteiger partial charge in [-0.05, 0) is 13.3 Å². The molecule has 3 aromatic heterocycles. The fraction of sp³-hybridized carbons (Fsp3) is 0.417. The van der Waals surface area contributed by atoms with E-state index in [1.54, 1.807) is 32.5 Å². The average molecular weight is 583 g/mol. The molecule has 11 nitrogen and oxygen atoms in total. The van der Waals surface area contributed by atoms with Crippen molar-refractivity contribution < 1.29 is 24.2 Å². The lowest BCUT2D eigenvalue weighted by atomic mass is 10.0. The molecule has 1 fully saturated rings. The summed E-state index contributed by atoms with van der Waals surface area (Å²) in [5.41, 5.74) is 1.10. The maximum absolute atomic E-state index is 13.0. The smallest absolute Gasteiger partial charge is 0.348 e. The number of nitrogens with zero attached hydrogens (tertiary/aromatic N) is 4. The summed E-state index contributed by atoms with van der Waals surface area (Å²) < 4.78 is 13.0. The van der Waals surface area contributed by atoms with Crippen LogP contribution in [0.3, 0.4) is 0 Å². The van der Waals surface area contributed by atoms with Crippen LogP contribution in [0.2, 0.25) is 10.0 Å². The molecule has 2 atom stereocenters. The van der Waals surface area contributed by atoms with Crippen molar-refractivity contribution in [2.75, 3.05) is 38.3 Å². The summed E-state index contributed by atoms with van der Waals surface area (Å²) >= 11 is 13.4. The minimum Gasteiger partial charge on any atom is -0.477 e. The van der Waals surface area contributed by atoms with Gasteiger partial charge in [0.05, 0.1) is 35.4 Å². The first-order chi connectivity index (χ1) is 18.2. The number of imidazole rings is 1. The number of nitrogens with one attached hydrogen (secondary N) is 2. The summed E-state index contributed by atoms with van der Waals surface area (Å²) in [4.78, 5) is 39.1. The van der Waals surface area contributed by atoms with E-state index >= 15 is 0 Å².